The first kappa shape index (κ1) is 31.6. The molecule has 0 unspecified atom stereocenters. The molecule has 0 fully saturated rings. The van der Waals surface area contributed by atoms with Gasteiger partial charge in [0.2, 0.25) is 11.8 Å². The minimum atomic E-state index is -4.25. The number of hydrogen-bond donors (Lipinski definition) is 1. The van der Waals surface area contributed by atoms with E-state index in [2.05, 4.69) is 5.32 Å². The number of carbonyl (C=O) groups excluding carboxylic acids is 2. The molecule has 0 saturated carbocycles. The number of nitrogens with one attached hydrogen (secondary N) is 1. The molecule has 8 nitrogen and oxygen atoms in total. The Labute approximate surface area is 249 Å². The van der Waals surface area contributed by atoms with Gasteiger partial charge in [0.05, 0.1) is 17.2 Å². The van der Waals surface area contributed by atoms with Gasteiger partial charge in [-0.25, -0.2) is 8.42 Å². The molecule has 0 aliphatic carbocycles. The second kappa shape index (κ2) is 14.1. The van der Waals surface area contributed by atoms with Gasteiger partial charge < -0.3 is 15.0 Å². The van der Waals surface area contributed by atoms with Crippen LogP contribution in [0.5, 0.6) is 5.75 Å². The molecule has 3 aromatic rings. The smallest absolute Gasteiger partial charge is 0.264 e. The lowest BCUT2D eigenvalue weighted by Gasteiger charge is -2.32. The summed E-state index contributed by atoms with van der Waals surface area (Å²) in [5.74, 6) is -0.779. The van der Waals surface area contributed by atoms with Gasteiger partial charge in [-0.05, 0) is 68.6 Å². The Hall–Kier alpha value is -2.92. The van der Waals surface area contributed by atoms with Gasteiger partial charge in [0.25, 0.3) is 10.0 Å². The Morgan fingerprint density at radius 1 is 1.00 bits per heavy atom. The van der Waals surface area contributed by atoms with Gasteiger partial charge in [-0.2, -0.15) is 0 Å². The van der Waals surface area contributed by atoms with Gasteiger partial charge in [0.1, 0.15) is 18.3 Å². The van der Waals surface area contributed by atoms with Crippen LogP contribution in [0.15, 0.2) is 76.5 Å². The molecule has 0 saturated heterocycles. The molecule has 0 heterocycles. The average Bonchev–Trinajstić information content (AvgIpc) is 2.95. The molecule has 0 aliphatic rings. The summed E-state index contributed by atoms with van der Waals surface area (Å²) in [7, 11) is -2.79. The maximum atomic E-state index is 14.0. The zero-order valence-electron chi connectivity index (χ0n) is 22.6. The number of halogens is 2. The number of thioether (sulfide) groups is 1. The number of likely N-dealkylation sites (N-methyl/N-ethyl adjacent to an activating group) is 1. The van der Waals surface area contributed by atoms with Crippen molar-refractivity contribution in [2.45, 2.75) is 36.2 Å². The molecule has 0 spiro atoms. The van der Waals surface area contributed by atoms with Crippen LogP contribution in [-0.4, -0.2) is 57.6 Å². The fraction of sp³-hybridized carbons (Fsp3) is 0.286. The van der Waals surface area contributed by atoms with Crippen molar-refractivity contribution in [2.75, 3.05) is 30.8 Å². The average molecular weight is 625 g/mol. The molecule has 0 bridgehead atoms. The highest BCUT2D eigenvalue weighted by Gasteiger charge is 2.34. The zero-order chi connectivity index (χ0) is 29.4. The number of amides is 2. The fourth-order valence-electron chi connectivity index (χ4n) is 3.97. The summed E-state index contributed by atoms with van der Waals surface area (Å²) in [6, 6.07) is 16.9. The maximum absolute atomic E-state index is 14.0. The first-order chi connectivity index (χ1) is 19.0. The molecule has 3 aromatic carbocycles. The van der Waals surface area contributed by atoms with Crippen molar-refractivity contribution >= 4 is 62.5 Å². The highest BCUT2D eigenvalue weighted by Crippen LogP contribution is 2.34. The Balaban J connectivity index is 2.12. The van der Waals surface area contributed by atoms with Gasteiger partial charge in [-0.3, -0.25) is 13.9 Å². The fourth-order valence-corrected chi connectivity index (χ4v) is 6.32. The van der Waals surface area contributed by atoms with Crippen LogP contribution in [0.2, 0.25) is 10.0 Å². The monoisotopic (exact) mass is 623 g/mol. The van der Waals surface area contributed by atoms with E-state index in [-0.39, 0.29) is 23.7 Å². The van der Waals surface area contributed by atoms with E-state index in [1.54, 1.807) is 68.4 Å². The number of carbonyl (C=O) groups is 2. The first-order valence-electron chi connectivity index (χ1n) is 12.4. The lowest BCUT2D eigenvalue weighted by molar-refractivity contribution is -0.139. The highest BCUT2D eigenvalue weighted by atomic mass is 35.5. The third kappa shape index (κ3) is 7.23. The maximum Gasteiger partial charge on any atom is 0.264 e. The van der Waals surface area contributed by atoms with Crippen molar-refractivity contribution in [3.05, 3.63) is 82.3 Å². The summed E-state index contributed by atoms with van der Waals surface area (Å²) < 4.78 is 34.8. The first-order valence-corrected chi connectivity index (χ1v) is 15.8. The number of para-hydroxylation sites is 2. The third-order valence-corrected chi connectivity index (χ3v) is 9.39. The molecule has 1 N–H and O–H groups in total. The highest BCUT2D eigenvalue weighted by molar-refractivity contribution is 7.98. The van der Waals surface area contributed by atoms with E-state index in [9.17, 15) is 18.0 Å². The zero-order valence-corrected chi connectivity index (χ0v) is 25.7. The van der Waals surface area contributed by atoms with Crippen LogP contribution >= 0.6 is 35.0 Å². The van der Waals surface area contributed by atoms with Crippen molar-refractivity contribution in [3.8, 4) is 5.75 Å². The number of nitrogens with zero attached hydrogens (tertiary/aromatic N) is 2. The van der Waals surface area contributed by atoms with E-state index in [4.69, 9.17) is 27.9 Å². The van der Waals surface area contributed by atoms with Gasteiger partial charge in [-0.1, -0.05) is 41.4 Å². The molecule has 0 aliphatic heterocycles. The summed E-state index contributed by atoms with van der Waals surface area (Å²) in [5.41, 5.74) is 0.627. The van der Waals surface area contributed by atoms with Crippen molar-refractivity contribution in [1.82, 2.24) is 10.2 Å². The molecule has 214 valence electrons. The number of ether oxygens (including phenoxy) is 1. The Kier molecular flexibility index (Phi) is 11.2. The molecular weight excluding hydrogens is 593 g/mol. The molecule has 40 heavy (non-hydrogen) atoms. The van der Waals surface area contributed by atoms with E-state index >= 15 is 0 Å². The van der Waals surface area contributed by atoms with E-state index in [1.807, 2.05) is 6.26 Å². The topological polar surface area (TPSA) is 96.0 Å². The summed E-state index contributed by atoms with van der Waals surface area (Å²) in [4.78, 5) is 28.8. The van der Waals surface area contributed by atoms with E-state index in [1.165, 1.54) is 35.8 Å². The number of hydrogen-bond acceptors (Lipinski definition) is 6. The molecule has 2 amide bonds. The lowest BCUT2D eigenvalue weighted by atomic mass is 10.1. The van der Waals surface area contributed by atoms with Crippen molar-refractivity contribution < 1.29 is 22.7 Å². The van der Waals surface area contributed by atoms with Crippen LogP contribution in [0.4, 0.5) is 5.69 Å². The summed E-state index contributed by atoms with van der Waals surface area (Å²) >= 11 is 14.2. The van der Waals surface area contributed by atoms with Crippen molar-refractivity contribution in [2.24, 2.45) is 0 Å². The lowest BCUT2D eigenvalue weighted by Crippen LogP contribution is -2.50. The van der Waals surface area contributed by atoms with Crippen LogP contribution in [0.3, 0.4) is 0 Å². The number of rotatable bonds is 12. The van der Waals surface area contributed by atoms with E-state index in [0.717, 1.165) is 9.20 Å². The van der Waals surface area contributed by atoms with Crippen LogP contribution in [-0.2, 0) is 26.2 Å². The summed E-state index contributed by atoms with van der Waals surface area (Å²) in [6.45, 7) is 2.89. The SMILES string of the molecule is CCOc1ccccc1N(CC(=O)N(Cc1c(Cl)cccc1Cl)[C@H](C)C(=O)NC)S(=O)(=O)c1ccc(SC)cc1. The van der Waals surface area contributed by atoms with Gasteiger partial charge in [0.15, 0.2) is 0 Å². The van der Waals surface area contributed by atoms with Crippen LogP contribution in [0.25, 0.3) is 0 Å². The Bertz CT molecular complexity index is 1430. The predicted molar refractivity (Wildman–Crippen MR) is 161 cm³/mol. The molecular formula is C28H31Cl2N3O5S2. The molecule has 12 heteroatoms. The van der Waals surface area contributed by atoms with Gasteiger partial charge in [0, 0.05) is 34.1 Å². The molecule has 3 rings (SSSR count). The third-order valence-electron chi connectivity index (χ3n) is 6.16. The minimum Gasteiger partial charge on any atom is -0.492 e. The Morgan fingerprint density at radius 3 is 2.20 bits per heavy atom. The standard InChI is InChI=1S/C28H31Cl2N3O5S2/c1-5-38-26-12-7-6-11-25(26)33(40(36,37)21-15-13-20(39-4)14-16-21)18-27(34)32(19(2)28(35)31-3)17-22-23(29)9-8-10-24(22)30/h6-16,19H,5,17-18H2,1-4H3,(H,31,35)/t19-/m1/s1. The predicted octanol–water partition coefficient (Wildman–Crippen LogP) is 5.47. The molecule has 1 atom stereocenters. The normalized spacial score (nSPS) is 11.9. The summed E-state index contributed by atoms with van der Waals surface area (Å²) in [6.07, 6.45) is 1.89. The summed E-state index contributed by atoms with van der Waals surface area (Å²) in [5, 5.41) is 3.17. The second-order valence-corrected chi connectivity index (χ2v) is 12.2. The molecule has 0 radical (unpaired) electrons. The minimum absolute atomic E-state index is 0.00412. The van der Waals surface area contributed by atoms with E-state index < -0.39 is 34.4 Å². The van der Waals surface area contributed by atoms with Gasteiger partial charge in [-0.15, -0.1) is 11.8 Å². The number of sulfonamides is 1. The number of anilines is 1. The van der Waals surface area contributed by atoms with Crippen LogP contribution < -0.4 is 14.4 Å². The van der Waals surface area contributed by atoms with E-state index in [0.29, 0.717) is 21.4 Å². The quantitative estimate of drug-likeness (QED) is 0.269. The van der Waals surface area contributed by atoms with Crippen LogP contribution in [0.1, 0.15) is 19.4 Å². The molecule has 0 aromatic heterocycles. The Morgan fingerprint density at radius 2 is 1.62 bits per heavy atom. The second-order valence-electron chi connectivity index (χ2n) is 8.60. The van der Waals surface area contributed by atoms with Crippen LogP contribution in [0, 0.1) is 0 Å². The number of benzene rings is 3. The van der Waals surface area contributed by atoms with Crippen molar-refractivity contribution in [1.29, 1.82) is 0 Å². The van der Waals surface area contributed by atoms with Gasteiger partial charge >= 0.3 is 0 Å². The largest absolute Gasteiger partial charge is 0.492 e. The van der Waals surface area contributed by atoms with Crippen molar-refractivity contribution in [3.63, 3.8) is 0 Å².